The predicted octanol–water partition coefficient (Wildman–Crippen LogP) is 3.20. The van der Waals surface area contributed by atoms with Crippen LogP contribution >= 0.6 is 0 Å². The molecule has 0 aliphatic carbocycles. The fourth-order valence-corrected chi connectivity index (χ4v) is 3.88. The number of fused-ring (bicyclic) bond motifs is 1. The summed E-state index contributed by atoms with van der Waals surface area (Å²) in [5, 5.41) is 6.93. The molecule has 0 saturated heterocycles. The number of nitrogens with one attached hydrogen (secondary N) is 2. The van der Waals surface area contributed by atoms with E-state index in [1.54, 1.807) is 36.4 Å². The molecule has 0 fully saturated rings. The average molecular weight is 411 g/mol. The summed E-state index contributed by atoms with van der Waals surface area (Å²) < 4.78 is 26.0. The highest BCUT2D eigenvalue weighted by atomic mass is 32.2. The van der Waals surface area contributed by atoms with Gasteiger partial charge in [0.15, 0.2) is 0 Å². The molecule has 3 aromatic rings. The molecule has 0 aliphatic rings. The van der Waals surface area contributed by atoms with E-state index in [1.165, 1.54) is 6.92 Å². The third kappa shape index (κ3) is 5.11. The molecule has 29 heavy (non-hydrogen) atoms. The first kappa shape index (κ1) is 20.3. The zero-order valence-electron chi connectivity index (χ0n) is 16.0. The molecular formula is C21H21N3O4S. The number of nitrogens with zero attached hydrogens (tertiary/aromatic N) is 1. The molecule has 3 aromatic carbocycles. The van der Waals surface area contributed by atoms with Crippen molar-refractivity contribution in [1.82, 2.24) is 0 Å². The van der Waals surface area contributed by atoms with Crippen LogP contribution < -0.4 is 14.9 Å². The molecular weight excluding hydrogens is 390 g/mol. The van der Waals surface area contributed by atoms with Crippen LogP contribution in [-0.2, 0) is 19.6 Å². The molecule has 2 N–H and O–H groups in total. The van der Waals surface area contributed by atoms with Gasteiger partial charge >= 0.3 is 0 Å². The number of rotatable bonds is 6. The van der Waals surface area contributed by atoms with E-state index in [0.29, 0.717) is 17.1 Å². The van der Waals surface area contributed by atoms with Crippen LogP contribution in [0.25, 0.3) is 10.8 Å². The van der Waals surface area contributed by atoms with Gasteiger partial charge in [0, 0.05) is 23.7 Å². The summed E-state index contributed by atoms with van der Waals surface area (Å²) in [7, 11) is -3.71. The molecule has 0 aromatic heterocycles. The van der Waals surface area contributed by atoms with Gasteiger partial charge in [0.1, 0.15) is 6.54 Å². The molecule has 2 amide bonds. The smallest absolute Gasteiger partial charge is 0.245 e. The molecule has 8 heteroatoms. The summed E-state index contributed by atoms with van der Waals surface area (Å²) >= 11 is 0. The average Bonchev–Trinajstić information content (AvgIpc) is 2.65. The first-order valence-electron chi connectivity index (χ1n) is 8.87. The molecule has 0 bridgehead atoms. The van der Waals surface area contributed by atoms with E-state index in [0.717, 1.165) is 21.3 Å². The van der Waals surface area contributed by atoms with Gasteiger partial charge in [-0.15, -0.1) is 0 Å². The maximum Gasteiger partial charge on any atom is 0.245 e. The minimum atomic E-state index is -3.71. The molecule has 0 aliphatic heterocycles. The van der Waals surface area contributed by atoms with E-state index in [2.05, 4.69) is 10.6 Å². The Hall–Kier alpha value is -3.39. The van der Waals surface area contributed by atoms with Crippen LogP contribution in [0.1, 0.15) is 6.92 Å². The van der Waals surface area contributed by atoms with Crippen LogP contribution in [0.15, 0.2) is 66.7 Å². The largest absolute Gasteiger partial charge is 0.326 e. The van der Waals surface area contributed by atoms with Gasteiger partial charge in [0.05, 0.1) is 11.9 Å². The minimum absolute atomic E-state index is 0.229. The number of amides is 2. The number of carbonyl (C=O) groups excluding carboxylic acids is 2. The Bertz CT molecular complexity index is 1170. The quantitative estimate of drug-likeness (QED) is 0.651. The molecule has 0 unspecified atom stereocenters. The normalized spacial score (nSPS) is 11.1. The van der Waals surface area contributed by atoms with Crippen LogP contribution in [0.3, 0.4) is 0 Å². The third-order valence-electron chi connectivity index (χ3n) is 4.19. The van der Waals surface area contributed by atoms with E-state index < -0.39 is 15.9 Å². The Kier molecular flexibility index (Phi) is 5.84. The molecule has 150 valence electrons. The van der Waals surface area contributed by atoms with Gasteiger partial charge in [-0.2, -0.15) is 0 Å². The van der Waals surface area contributed by atoms with E-state index in [-0.39, 0.29) is 12.5 Å². The summed E-state index contributed by atoms with van der Waals surface area (Å²) in [5.41, 5.74) is 1.42. The van der Waals surface area contributed by atoms with E-state index in [4.69, 9.17) is 0 Å². The Labute approximate surface area is 169 Å². The lowest BCUT2D eigenvalue weighted by Gasteiger charge is -2.23. The fraction of sp³-hybridized carbons (Fsp3) is 0.143. The van der Waals surface area contributed by atoms with Crippen LogP contribution in [0.2, 0.25) is 0 Å². The molecule has 3 rings (SSSR count). The Morgan fingerprint density at radius 3 is 2.21 bits per heavy atom. The van der Waals surface area contributed by atoms with E-state index in [9.17, 15) is 18.0 Å². The highest BCUT2D eigenvalue weighted by Gasteiger charge is 2.22. The van der Waals surface area contributed by atoms with Crippen molar-refractivity contribution in [3.63, 3.8) is 0 Å². The first-order valence-corrected chi connectivity index (χ1v) is 10.7. The highest BCUT2D eigenvalue weighted by molar-refractivity contribution is 7.92. The lowest BCUT2D eigenvalue weighted by atomic mass is 10.1. The first-order chi connectivity index (χ1) is 13.7. The second-order valence-corrected chi connectivity index (χ2v) is 8.48. The third-order valence-corrected chi connectivity index (χ3v) is 5.32. The zero-order chi connectivity index (χ0) is 21.0. The minimum Gasteiger partial charge on any atom is -0.326 e. The Morgan fingerprint density at radius 2 is 1.52 bits per heavy atom. The van der Waals surface area contributed by atoms with Gasteiger partial charge in [-0.3, -0.25) is 13.9 Å². The number of anilines is 3. The van der Waals surface area contributed by atoms with Crippen LogP contribution in [-0.4, -0.2) is 33.0 Å². The van der Waals surface area contributed by atoms with Crippen molar-refractivity contribution in [3.05, 3.63) is 66.7 Å². The topological polar surface area (TPSA) is 95.6 Å². The van der Waals surface area contributed by atoms with Crippen molar-refractivity contribution in [2.75, 3.05) is 27.7 Å². The Morgan fingerprint density at radius 1 is 0.897 bits per heavy atom. The monoisotopic (exact) mass is 411 g/mol. The van der Waals surface area contributed by atoms with Crippen molar-refractivity contribution >= 4 is 49.7 Å². The lowest BCUT2D eigenvalue weighted by Crippen LogP contribution is -2.37. The van der Waals surface area contributed by atoms with Gasteiger partial charge in [0.2, 0.25) is 21.8 Å². The number of hydrogen-bond donors (Lipinski definition) is 2. The highest BCUT2D eigenvalue weighted by Crippen LogP contribution is 2.28. The summed E-state index contributed by atoms with van der Waals surface area (Å²) in [6.45, 7) is 1.01. The van der Waals surface area contributed by atoms with Crippen molar-refractivity contribution < 1.29 is 18.0 Å². The van der Waals surface area contributed by atoms with Gasteiger partial charge < -0.3 is 10.6 Å². The van der Waals surface area contributed by atoms with Crippen molar-refractivity contribution in [1.29, 1.82) is 0 Å². The number of hydrogen-bond acceptors (Lipinski definition) is 4. The maximum atomic E-state index is 12.6. The molecule has 0 saturated carbocycles. The van der Waals surface area contributed by atoms with Crippen LogP contribution in [0, 0.1) is 0 Å². The van der Waals surface area contributed by atoms with E-state index >= 15 is 0 Å². The van der Waals surface area contributed by atoms with Gasteiger partial charge in [0.25, 0.3) is 0 Å². The molecule has 0 atom stereocenters. The van der Waals surface area contributed by atoms with Crippen molar-refractivity contribution in [2.24, 2.45) is 0 Å². The van der Waals surface area contributed by atoms with Gasteiger partial charge in [-0.05, 0) is 29.7 Å². The number of carbonyl (C=O) groups is 2. The number of sulfonamides is 1. The summed E-state index contributed by atoms with van der Waals surface area (Å²) in [4.78, 5) is 23.8. The van der Waals surface area contributed by atoms with Crippen LogP contribution in [0.5, 0.6) is 0 Å². The van der Waals surface area contributed by atoms with E-state index in [1.807, 2.05) is 30.3 Å². The Balaban J connectivity index is 1.86. The second-order valence-electron chi connectivity index (χ2n) is 6.58. The number of benzene rings is 3. The van der Waals surface area contributed by atoms with Gasteiger partial charge in [-0.25, -0.2) is 8.42 Å². The predicted molar refractivity (Wildman–Crippen MR) is 116 cm³/mol. The summed E-state index contributed by atoms with van der Waals surface area (Å²) in [5.74, 6) is -0.726. The van der Waals surface area contributed by atoms with Gasteiger partial charge in [-0.1, -0.05) is 42.5 Å². The summed E-state index contributed by atoms with van der Waals surface area (Å²) in [6, 6.07) is 19.3. The van der Waals surface area contributed by atoms with Crippen molar-refractivity contribution in [3.8, 4) is 0 Å². The summed E-state index contributed by atoms with van der Waals surface area (Å²) in [6.07, 6.45) is 1.07. The second kappa shape index (κ2) is 8.32. The fourth-order valence-electron chi connectivity index (χ4n) is 3.02. The standard InChI is InChI=1S/C21H21N3O4S/c1-15(25)22-17-9-6-10-18(13-17)23-21(26)14-24(29(2,27)28)20-12-5-8-16-7-3-4-11-19(16)20/h3-13H,14H2,1-2H3,(H,22,25)(H,23,26). The molecule has 0 heterocycles. The molecule has 7 nitrogen and oxygen atoms in total. The lowest BCUT2D eigenvalue weighted by molar-refractivity contribution is -0.115. The van der Waals surface area contributed by atoms with Crippen LogP contribution in [0.4, 0.5) is 17.1 Å². The molecule has 0 radical (unpaired) electrons. The SMILES string of the molecule is CC(=O)Nc1cccc(NC(=O)CN(c2cccc3ccccc23)S(C)(=O)=O)c1. The maximum absolute atomic E-state index is 12.6. The van der Waals surface area contributed by atoms with Crippen molar-refractivity contribution in [2.45, 2.75) is 6.92 Å². The molecule has 0 spiro atoms. The zero-order valence-corrected chi connectivity index (χ0v) is 16.9.